The fourth-order valence-corrected chi connectivity index (χ4v) is 1.38. The van der Waals surface area contributed by atoms with E-state index in [0.717, 1.165) is 6.42 Å². The van der Waals surface area contributed by atoms with Gasteiger partial charge >= 0.3 is 23.9 Å². The highest BCUT2D eigenvalue weighted by Crippen LogP contribution is 2.16. The molecule has 0 amide bonds. The second-order valence-electron chi connectivity index (χ2n) is 3.98. The third kappa shape index (κ3) is 4.50. The van der Waals surface area contributed by atoms with Crippen LogP contribution in [0.4, 0.5) is 0 Å². The van der Waals surface area contributed by atoms with Crippen molar-refractivity contribution in [3.8, 4) is 0 Å². The Morgan fingerprint density at radius 1 is 1.26 bits per heavy atom. The van der Waals surface area contributed by atoms with Crippen LogP contribution >= 0.6 is 0 Å². The molecule has 0 bridgehead atoms. The predicted octanol–water partition coefficient (Wildman–Crippen LogP) is 1.06. The lowest BCUT2D eigenvalue weighted by molar-refractivity contribution is -0.153. The average molecular weight is 266 g/mol. The molecule has 2 rings (SSSR count). The van der Waals surface area contributed by atoms with Crippen molar-refractivity contribution < 1.29 is 28.7 Å². The number of hydrogen-bond acceptors (Lipinski definition) is 6. The van der Waals surface area contributed by atoms with Crippen LogP contribution in [0.1, 0.15) is 26.7 Å². The molecule has 0 aromatic heterocycles. The number of carbonyl (C=O) groups is 4. The number of carbonyl (C=O) groups excluding carboxylic acids is 4. The Morgan fingerprint density at radius 3 is 2.26 bits per heavy atom. The summed E-state index contributed by atoms with van der Waals surface area (Å²) in [7, 11) is 0. The summed E-state index contributed by atoms with van der Waals surface area (Å²) < 4.78 is 8.44. The highest BCUT2D eigenvalue weighted by molar-refractivity contribution is 6.08. The first-order valence-electron chi connectivity index (χ1n) is 5.79. The lowest BCUT2D eigenvalue weighted by Gasteiger charge is -1.92. The van der Waals surface area contributed by atoms with E-state index in [9.17, 15) is 19.2 Å². The number of esters is 4. The van der Waals surface area contributed by atoms with E-state index in [1.807, 2.05) is 13.0 Å². The summed E-state index contributed by atoms with van der Waals surface area (Å²) in [6.45, 7) is 3.51. The predicted molar refractivity (Wildman–Crippen MR) is 63.5 cm³/mol. The molecule has 2 aliphatic rings. The summed E-state index contributed by atoms with van der Waals surface area (Å²) in [4.78, 5) is 41.8. The molecule has 6 heteroatoms. The standard InChI is InChI=1S/C8H10O3.C5H4O3/c1-2-3-4-6-5-7(9)11-8(6)10;1-3-2-4(6)8-5(3)7/h3-4,6H,2,5H2,1H3;2H,1H3. The maximum absolute atomic E-state index is 10.8. The Kier molecular flexibility index (Phi) is 5.17. The first kappa shape index (κ1) is 14.8. The van der Waals surface area contributed by atoms with E-state index in [2.05, 4.69) is 9.47 Å². The largest absolute Gasteiger partial charge is 0.393 e. The van der Waals surface area contributed by atoms with Crippen molar-refractivity contribution in [3.05, 3.63) is 23.8 Å². The number of allylic oxidation sites excluding steroid dienone is 1. The Bertz CT molecular complexity index is 472. The molecule has 102 valence electrons. The van der Waals surface area contributed by atoms with Crippen LogP contribution in [0.2, 0.25) is 0 Å². The van der Waals surface area contributed by atoms with E-state index in [4.69, 9.17) is 0 Å². The van der Waals surface area contributed by atoms with Crippen molar-refractivity contribution in [3.63, 3.8) is 0 Å². The number of hydrogen-bond donors (Lipinski definition) is 0. The maximum atomic E-state index is 10.8. The number of cyclic esters (lactones) is 4. The highest BCUT2D eigenvalue weighted by Gasteiger charge is 2.30. The lowest BCUT2D eigenvalue weighted by atomic mass is 10.1. The van der Waals surface area contributed by atoms with Crippen LogP contribution in [-0.2, 0) is 28.7 Å². The van der Waals surface area contributed by atoms with Crippen molar-refractivity contribution in [1.82, 2.24) is 0 Å². The maximum Gasteiger partial charge on any atom is 0.341 e. The molecule has 0 N–H and O–H groups in total. The number of ether oxygens (including phenoxy) is 2. The molecule has 2 heterocycles. The first-order valence-corrected chi connectivity index (χ1v) is 5.79. The minimum absolute atomic E-state index is 0.204. The minimum Gasteiger partial charge on any atom is -0.393 e. The highest BCUT2D eigenvalue weighted by atomic mass is 16.6. The summed E-state index contributed by atoms with van der Waals surface area (Å²) in [6.07, 6.45) is 5.84. The van der Waals surface area contributed by atoms with Gasteiger partial charge in [-0.2, -0.15) is 0 Å². The monoisotopic (exact) mass is 266 g/mol. The van der Waals surface area contributed by atoms with E-state index in [1.165, 1.54) is 13.0 Å². The van der Waals surface area contributed by atoms with E-state index in [-0.39, 0.29) is 12.3 Å². The van der Waals surface area contributed by atoms with Gasteiger partial charge in [-0.05, 0) is 13.3 Å². The van der Waals surface area contributed by atoms with E-state index >= 15 is 0 Å². The molecule has 0 aromatic rings. The molecular formula is C13H14O6. The van der Waals surface area contributed by atoms with Crippen LogP contribution in [0.25, 0.3) is 0 Å². The Balaban J connectivity index is 0.000000200. The molecule has 1 unspecified atom stereocenters. The molecule has 0 spiro atoms. The van der Waals surface area contributed by atoms with Crippen molar-refractivity contribution in [2.24, 2.45) is 5.92 Å². The van der Waals surface area contributed by atoms with Crippen LogP contribution in [0, 0.1) is 5.92 Å². The topological polar surface area (TPSA) is 86.7 Å². The van der Waals surface area contributed by atoms with Gasteiger partial charge in [-0.15, -0.1) is 0 Å². The second kappa shape index (κ2) is 6.63. The molecule has 1 saturated heterocycles. The van der Waals surface area contributed by atoms with Gasteiger partial charge in [0.2, 0.25) is 0 Å². The third-order valence-corrected chi connectivity index (χ3v) is 2.36. The summed E-state index contributed by atoms with van der Waals surface area (Å²) in [5.74, 6) is -2.26. The van der Waals surface area contributed by atoms with Crippen molar-refractivity contribution in [2.75, 3.05) is 0 Å². The summed E-state index contributed by atoms with van der Waals surface area (Å²) in [5, 5.41) is 0. The van der Waals surface area contributed by atoms with Gasteiger partial charge in [0, 0.05) is 11.6 Å². The zero-order valence-electron chi connectivity index (χ0n) is 10.7. The fraction of sp³-hybridized carbons (Fsp3) is 0.385. The molecule has 0 radical (unpaired) electrons. The van der Waals surface area contributed by atoms with Crippen LogP contribution in [0.5, 0.6) is 0 Å². The lowest BCUT2D eigenvalue weighted by Crippen LogP contribution is -2.03. The van der Waals surface area contributed by atoms with Crippen LogP contribution in [0.15, 0.2) is 23.8 Å². The van der Waals surface area contributed by atoms with Gasteiger partial charge in [0.1, 0.15) is 0 Å². The fourth-order valence-electron chi connectivity index (χ4n) is 1.38. The van der Waals surface area contributed by atoms with Crippen LogP contribution < -0.4 is 0 Å². The van der Waals surface area contributed by atoms with Crippen molar-refractivity contribution in [2.45, 2.75) is 26.7 Å². The molecule has 6 nitrogen and oxygen atoms in total. The normalized spacial score (nSPS) is 22.0. The first-order chi connectivity index (χ1) is 8.93. The Hall–Kier alpha value is -2.24. The van der Waals surface area contributed by atoms with E-state index in [1.54, 1.807) is 6.08 Å². The van der Waals surface area contributed by atoms with Gasteiger partial charge in [0.05, 0.1) is 12.3 Å². The minimum atomic E-state index is -0.562. The SMILES string of the molecule is CC1=CC(=O)OC1=O.CCC=CC1CC(=O)OC1=O. The van der Waals surface area contributed by atoms with Gasteiger partial charge in [-0.1, -0.05) is 19.1 Å². The van der Waals surface area contributed by atoms with Crippen molar-refractivity contribution >= 4 is 23.9 Å². The van der Waals surface area contributed by atoms with Gasteiger partial charge < -0.3 is 9.47 Å². The van der Waals surface area contributed by atoms with E-state index < -0.39 is 23.9 Å². The summed E-state index contributed by atoms with van der Waals surface area (Å²) in [5.41, 5.74) is 0.370. The van der Waals surface area contributed by atoms with Crippen LogP contribution in [-0.4, -0.2) is 23.9 Å². The van der Waals surface area contributed by atoms with Crippen molar-refractivity contribution in [1.29, 1.82) is 0 Å². The summed E-state index contributed by atoms with van der Waals surface area (Å²) >= 11 is 0. The molecular weight excluding hydrogens is 252 g/mol. The molecule has 0 saturated carbocycles. The van der Waals surface area contributed by atoms with Crippen LogP contribution in [0.3, 0.4) is 0 Å². The summed E-state index contributed by atoms with van der Waals surface area (Å²) in [6, 6.07) is 0. The van der Waals surface area contributed by atoms with Gasteiger partial charge in [0.15, 0.2) is 0 Å². The average Bonchev–Trinajstić information content (AvgIpc) is 2.79. The second-order valence-corrected chi connectivity index (χ2v) is 3.98. The zero-order valence-corrected chi connectivity index (χ0v) is 10.7. The molecule has 2 aliphatic heterocycles. The van der Waals surface area contributed by atoms with Gasteiger partial charge in [-0.3, -0.25) is 9.59 Å². The molecule has 1 atom stereocenters. The smallest absolute Gasteiger partial charge is 0.341 e. The quantitative estimate of drug-likeness (QED) is 0.422. The molecule has 0 aliphatic carbocycles. The molecule has 0 aromatic carbocycles. The molecule has 1 fully saturated rings. The molecule has 19 heavy (non-hydrogen) atoms. The Morgan fingerprint density at radius 2 is 1.95 bits per heavy atom. The van der Waals surface area contributed by atoms with Gasteiger partial charge in [-0.25, -0.2) is 9.59 Å². The zero-order chi connectivity index (χ0) is 14.4. The number of rotatable bonds is 2. The van der Waals surface area contributed by atoms with E-state index in [0.29, 0.717) is 5.57 Å². The Labute approximate surface area is 110 Å². The third-order valence-electron chi connectivity index (χ3n) is 2.36. The van der Waals surface area contributed by atoms with Gasteiger partial charge in [0.25, 0.3) is 0 Å².